The maximum Gasteiger partial charge on any atom is 0.182 e. The predicted octanol–water partition coefficient (Wildman–Crippen LogP) is 4.90. The monoisotopic (exact) mass is 336 g/mol. The molecule has 0 fully saturated rings. The molecule has 0 spiro atoms. The zero-order chi connectivity index (χ0) is 13.6. The number of halogens is 2. The molecule has 1 aromatic heterocycles. The third kappa shape index (κ3) is 2.03. The number of hydrogen-bond acceptors (Lipinski definition) is 1. The van der Waals surface area contributed by atoms with Gasteiger partial charge in [0.25, 0.3) is 0 Å². The van der Waals surface area contributed by atoms with Crippen LogP contribution in [0, 0.1) is 17.5 Å². The molecule has 3 aromatic rings. The summed E-state index contributed by atoms with van der Waals surface area (Å²) in [6.45, 7) is 1.87. The Bertz CT molecular complexity index is 815. The average molecular weight is 337 g/mol. The smallest absolute Gasteiger partial charge is 0.182 e. The Labute approximate surface area is 123 Å². The molecule has 96 valence electrons. The zero-order valence-corrected chi connectivity index (χ0v) is 12.5. The number of nitrogens with one attached hydrogen (secondary N) is 1. The lowest BCUT2D eigenvalue weighted by Crippen LogP contribution is -2.00. The minimum Gasteiger partial charge on any atom is -0.330 e. The summed E-state index contributed by atoms with van der Waals surface area (Å²) < 4.78 is 17.3. The Balaban J connectivity index is 2.46. The van der Waals surface area contributed by atoms with Crippen LogP contribution in [0.5, 0.6) is 0 Å². The van der Waals surface area contributed by atoms with Gasteiger partial charge in [-0.15, -0.1) is 0 Å². The first-order chi connectivity index (χ1) is 9.08. The van der Waals surface area contributed by atoms with Gasteiger partial charge in [0.15, 0.2) is 4.77 Å². The van der Waals surface area contributed by atoms with Crippen molar-refractivity contribution >= 4 is 39.2 Å². The number of aryl methyl sites for hydroxylation is 1. The van der Waals surface area contributed by atoms with Gasteiger partial charge in [0, 0.05) is 4.47 Å². The van der Waals surface area contributed by atoms with Gasteiger partial charge in [-0.1, -0.05) is 28.1 Å². The van der Waals surface area contributed by atoms with Gasteiger partial charge in [-0.05, 0) is 49.0 Å². The molecular formula is C14H10BrFN2S. The van der Waals surface area contributed by atoms with Gasteiger partial charge < -0.3 is 4.98 Å². The summed E-state index contributed by atoms with van der Waals surface area (Å²) in [4.78, 5) is 3.10. The van der Waals surface area contributed by atoms with E-state index in [2.05, 4.69) is 20.9 Å². The van der Waals surface area contributed by atoms with E-state index in [0.717, 1.165) is 21.1 Å². The predicted molar refractivity (Wildman–Crippen MR) is 80.9 cm³/mol. The SMILES string of the molecule is Cc1cccc(F)c1-n1c(=S)[nH]c2ccc(Br)cc21. The second-order valence-electron chi connectivity index (χ2n) is 4.33. The normalized spacial score (nSPS) is 11.1. The lowest BCUT2D eigenvalue weighted by atomic mass is 10.2. The third-order valence-electron chi connectivity index (χ3n) is 3.06. The molecule has 0 unspecified atom stereocenters. The Morgan fingerprint density at radius 2 is 2.05 bits per heavy atom. The molecule has 0 saturated heterocycles. The van der Waals surface area contributed by atoms with Crippen molar-refractivity contribution in [3.05, 3.63) is 57.0 Å². The summed E-state index contributed by atoms with van der Waals surface area (Å²) in [6, 6.07) is 10.8. The number of benzene rings is 2. The molecule has 0 aliphatic carbocycles. The van der Waals surface area contributed by atoms with Crippen molar-refractivity contribution in [3.8, 4) is 5.69 Å². The average Bonchev–Trinajstić information content (AvgIpc) is 2.66. The van der Waals surface area contributed by atoms with E-state index in [1.807, 2.05) is 31.2 Å². The lowest BCUT2D eigenvalue weighted by molar-refractivity contribution is 0.617. The molecule has 0 amide bonds. The number of nitrogens with zero attached hydrogens (tertiary/aromatic N) is 1. The molecule has 5 heteroatoms. The molecule has 2 aromatic carbocycles. The van der Waals surface area contributed by atoms with Gasteiger partial charge in [-0.2, -0.15) is 0 Å². The fourth-order valence-corrected chi connectivity index (χ4v) is 2.85. The van der Waals surface area contributed by atoms with Gasteiger partial charge >= 0.3 is 0 Å². The number of fused-ring (bicyclic) bond motifs is 1. The van der Waals surface area contributed by atoms with Crippen LogP contribution >= 0.6 is 28.1 Å². The van der Waals surface area contributed by atoms with Crippen LogP contribution in [0.2, 0.25) is 0 Å². The Morgan fingerprint density at radius 3 is 2.79 bits per heavy atom. The molecular weight excluding hydrogens is 327 g/mol. The topological polar surface area (TPSA) is 20.7 Å². The molecule has 2 nitrogen and oxygen atoms in total. The quantitative estimate of drug-likeness (QED) is 0.627. The van der Waals surface area contributed by atoms with Crippen LogP contribution in [0.25, 0.3) is 16.7 Å². The van der Waals surface area contributed by atoms with E-state index in [-0.39, 0.29) is 5.82 Å². The number of aromatic nitrogens is 2. The van der Waals surface area contributed by atoms with E-state index in [4.69, 9.17) is 12.2 Å². The first-order valence-corrected chi connectivity index (χ1v) is 6.94. The van der Waals surface area contributed by atoms with E-state index >= 15 is 0 Å². The zero-order valence-electron chi connectivity index (χ0n) is 10.1. The van der Waals surface area contributed by atoms with E-state index < -0.39 is 0 Å². The van der Waals surface area contributed by atoms with Crippen LogP contribution in [0.1, 0.15) is 5.56 Å². The van der Waals surface area contributed by atoms with E-state index in [1.165, 1.54) is 6.07 Å². The van der Waals surface area contributed by atoms with Crippen LogP contribution in [0.4, 0.5) is 4.39 Å². The van der Waals surface area contributed by atoms with Crippen LogP contribution in [-0.2, 0) is 0 Å². The van der Waals surface area contributed by atoms with Crippen LogP contribution in [0.15, 0.2) is 40.9 Å². The number of rotatable bonds is 1. The number of imidazole rings is 1. The van der Waals surface area contributed by atoms with Gasteiger partial charge in [0.05, 0.1) is 16.7 Å². The number of H-pyrrole nitrogens is 1. The maximum absolute atomic E-state index is 14.1. The fourth-order valence-electron chi connectivity index (χ4n) is 2.20. The molecule has 0 aliphatic heterocycles. The highest BCUT2D eigenvalue weighted by molar-refractivity contribution is 9.10. The van der Waals surface area contributed by atoms with Crippen molar-refractivity contribution in [2.75, 3.05) is 0 Å². The summed E-state index contributed by atoms with van der Waals surface area (Å²) in [5.74, 6) is -0.281. The van der Waals surface area contributed by atoms with Crippen LogP contribution < -0.4 is 0 Å². The second-order valence-corrected chi connectivity index (χ2v) is 5.63. The maximum atomic E-state index is 14.1. The van der Waals surface area contributed by atoms with Crippen molar-refractivity contribution in [2.45, 2.75) is 6.92 Å². The van der Waals surface area contributed by atoms with E-state index in [0.29, 0.717) is 10.5 Å². The van der Waals surface area contributed by atoms with Gasteiger partial charge in [-0.25, -0.2) is 4.39 Å². The molecule has 19 heavy (non-hydrogen) atoms. The summed E-state index contributed by atoms with van der Waals surface area (Å²) in [6.07, 6.45) is 0. The highest BCUT2D eigenvalue weighted by Crippen LogP contribution is 2.26. The summed E-state index contributed by atoms with van der Waals surface area (Å²) >= 11 is 8.75. The number of aromatic amines is 1. The van der Waals surface area contributed by atoms with E-state index in [9.17, 15) is 4.39 Å². The first kappa shape index (κ1) is 12.6. The van der Waals surface area contributed by atoms with Crippen molar-refractivity contribution in [3.63, 3.8) is 0 Å². The minimum absolute atomic E-state index is 0.281. The van der Waals surface area contributed by atoms with Crippen molar-refractivity contribution in [1.82, 2.24) is 9.55 Å². The van der Waals surface area contributed by atoms with Crippen molar-refractivity contribution in [2.24, 2.45) is 0 Å². The molecule has 1 N–H and O–H groups in total. The highest BCUT2D eigenvalue weighted by Gasteiger charge is 2.13. The van der Waals surface area contributed by atoms with E-state index in [1.54, 1.807) is 10.6 Å². The Hall–Kier alpha value is -1.46. The van der Waals surface area contributed by atoms with Crippen LogP contribution in [-0.4, -0.2) is 9.55 Å². The molecule has 0 radical (unpaired) electrons. The van der Waals surface area contributed by atoms with Crippen LogP contribution in [0.3, 0.4) is 0 Å². The Morgan fingerprint density at radius 1 is 1.26 bits per heavy atom. The summed E-state index contributed by atoms with van der Waals surface area (Å²) in [7, 11) is 0. The molecule has 0 atom stereocenters. The van der Waals surface area contributed by atoms with Gasteiger partial charge in [0.1, 0.15) is 5.82 Å². The number of hydrogen-bond donors (Lipinski definition) is 1. The summed E-state index contributed by atoms with van der Waals surface area (Å²) in [5.41, 5.74) is 3.08. The second kappa shape index (κ2) is 4.58. The molecule has 0 aliphatic rings. The lowest BCUT2D eigenvalue weighted by Gasteiger charge is -2.09. The molecule has 1 heterocycles. The molecule has 0 saturated carbocycles. The number of para-hydroxylation sites is 1. The minimum atomic E-state index is -0.281. The largest absolute Gasteiger partial charge is 0.330 e. The van der Waals surface area contributed by atoms with Gasteiger partial charge in [-0.3, -0.25) is 4.57 Å². The third-order valence-corrected chi connectivity index (χ3v) is 3.84. The standard InChI is InChI=1S/C14H10BrFN2S/c1-8-3-2-4-10(16)13(8)18-12-7-9(15)5-6-11(12)17-14(18)19/h2-7H,1H3,(H,17,19). The first-order valence-electron chi connectivity index (χ1n) is 5.73. The fraction of sp³-hybridized carbons (Fsp3) is 0.0714. The van der Waals surface area contributed by atoms with Crippen molar-refractivity contribution in [1.29, 1.82) is 0 Å². The highest BCUT2D eigenvalue weighted by atomic mass is 79.9. The summed E-state index contributed by atoms with van der Waals surface area (Å²) in [5, 5.41) is 0. The van der Waals surface area contributed by atoms with Gasteiger partial charge in [0.2, 0.25) is 0 Å². The molecule has 3 rings (SSSR count). The molecule has 0 bridgehead atoms. The van der Waals surface area contributed by atoms with Crippen molar-refractivity contribution < 1.29 is 4.39 Å². The Kier molecular flexibility index (Phi) is 3.03.